The van der Waals surface area contributed by atoms with E-state index >= 15 is 0 Å². The smallest absolute Gasteiger partial charge is 0.255 e. The number of carbonyl (C=O) groups excluding carboxylic acids is 1. The van der Waals surface area contributed by atoms with Crippen LogP contribution in [0.15, 0.2) is 48.8 Å². The Labute approximate surface area is 182 Å². The summed E-state index contributed by atoms with van der Waals surface area (Å²) in [6.45, 7) is 4.05. The molecule has 1 saturated carbocycles. The van der Waals surface area contributed by atoms with Gasteiger partial charge in [0.2, 0.25) is 0 Å². The number of hydrogen-bond donors (Lipinski definition) is 2. The third-order valence-electron chi connectivity index (χ3n) is 6.29. The molecule has 1 fully saturated rings. The molecule has 0 aliphatic heterocycles. The van der Waals surface area contributed by atoms with Crippen LogP contribution in [0.1, 0.15) is 51.9 Å². The van der Waals surface area contributed by atoms with E-state index in [9.17, 15) is 9.90 Å². The lowest BCUT2D eigenvalue weighted by molar-refractivity contribution is 0.0870. The number of carbonyl (C=O) groups is 1. The maximum absolute atomic E-state index is 13.1. The Bertz CT molecular complexity index is 1060. The van der Waals surface area contributed by atoms with Gasteiger partial charge in [0.15, 0.2) is 0 Å². The van der Waals surface area contributed by atoms with Gasteiger partial charge in [-0.3, -0.25) is 4.79 Å². The van der Waals surface area contributed by atoms with Crippen molar-refractivity contribution in [2.45, 2.75) is 51.7 Å². The Balaban J connectivity index is 1.61. The second kappa shape index (κ2) is 8.94. The number of nitrogens with zero attached hydrogens (tertiary/aromatic N) is 2. The number of amides is 1. The van der Waals surface area contributed by atoms with Gasteiger partial charge in [-0.1, -0.05) is 12.1 Å². The molecule has 3 aromatic rings. The van der Waals surface area contributed by atoms with E-state index in [2.05, 4.69) is 29.5 Å². The Morgan fingerprint density at radius 3 is 2.61 bits per heavy atom. The highest BCUT2D eigenvalue weighted by Crippen LogP contribution is 2.31. The predicted molar refractivity (Wildman–Crippen MR) is 120 cm³/mol. The van der Waals surface area contributed by atoms with Gasteiger partial charge in [0, 0.05) is 12.4 Å². The number of hydrogen-bond acceptors (Lipinski definition) is 4. The lowest BCUT2D eigenvalue weighted by Crippen LogP contribution is -2.40. The van der Waals surface area contributed by atoms with Crippen molar-refractivity contribution in [2.75, 3.05) is 7.11 Å². The van der Waals surface area contributed by atoms with Crippen LogP contribution in [0.2, 0.25) is 0 Å². The average Bonchev–Trinajstić information content (AvgIpc) is 3.44. The van der Waals surface area contributed by atoms with Crippen molar-refractivity contribution in [3.8, 4) is 11.4 Å². The molecular formula is C25H29N3O3. The molecule has 6 nitrogen and oxygen atoms in total. The lowest BCUT2D eigenvalue weighted by atomic mass is 9.93. The predicted octanol–water partition coefficient (Wildman–Crippen LogP) is 3.73. The maximum Gasteiger partial charge on any atom is 0.255 e. The molecule has 1 aliphatic carbocycles. The van der Waals surface area contributed by atoms with E-state index in [4.69, 9.17) is 4.74 Å². The minimum atomic E-state index is -0.478. The molecular weight excluding hydrogens is 390 g/mol. The summed E-state index contributed by atoms with van der Waals surface area (Å²) in [5, 5.41) is 17.4. The van der Waals surface area contributed by atoms with Crippen molar-refractivity contribution < 1.29 is 14.6 Å². The summed E-state index contributed by atoms with van der Waals surface area (Å²) in [5.41, 5.74) is 5.85. The molecule has 2 atom stereocenters. The van der Waals surface area contributed by atoms with Crippen LogP contribution in [0.3, 0.4) is 0 Å². The van der Waals surface area contributed by atoms with Gasteiger partial charge in [-0.2, -0.15) is 5.10 Å². The van der Waals surface area contributed by atoms with Gasteiger partial charge in [0.25, 0.3) is 5.91 Å². The van der Waals surface area contributed by atoms with E-state index in [1.807, 2.05) is 42.1 Å². The average molecular weight is 420 g/mol. The van der Waals surface area contributed by atoms with Crippen LogP contribution < -0.4 is 10.1 Å². The largest absolute Gasteiger partial charge is 0.496 e. The topological polar surface area (TPSA) is 76.4 Å². The number of aliphatic hydroxyl groups is 1. The molecule has 31 heavy (non-hydrogen) atoms. The Hall–Kier alpha value is -3.12. The highest BCUT2D eigenvalue weighted by molar-refractivity contribution is 5.98. The van der Waals surface area contributed by atoms with Gasteiger partial charge in [0.05, 0.1) is 30.5 Å². The standard InChI is InChI=1S/C25H29N3O3/c1-16-17(2)24(31-3)21(25(30)27-22-6-4-7-23(22)29)15-19(16)14-18-8-10-20(11-9-18)28-13-5-12-26-28/h5,8-13,15,22-23,29H,4,6-7,14H2,1-3H3,(H,27,30). The molecule has 0 saturated heterocycles. The number of rotatable bonds is 6. The van der Waals surface area contributed by atoms with Crippen LogP contribution in [0.4, 0.5) is 0 Å². The number of aliphatic hydroxyl groups excluding tert-OH is 1. The Kier molecular flexibility index (Phi) is 6.09. The number of ether oxygens (including phenoxy) is 1. The molecule has 2 aromatic carbocycles. The summed E-state index contributed by atoms with van der Waals surface area (Å²) < 4.78 is 7.42. The van der Waals surface area contributed by atoms with E-state index in [1.165, 1.54) is 0 Å². The van der Waals surface area contributed by atoms with E-state index in [0.717, 1.165) is 47.2 Å². The van der Waals surface area contributed by atoms with E-state index in [-0.39, 0.29) is 11.9 Å². The summed E-state index contributed by atoms with van der Waals surface area (Å²) in [5.74, 6) is 0.404. The van der Waals surface area contributed by atoms with Gasteiger partial charge < -0.3 is 15.2 Å². The van der Waals surface area contributed by atoms with Crippen LogP contribution in [0.5, 0.6) is 5.75 Å². The summed E-state index contributed by atoms with van der Waals surface area (Å²) in [4.78, 5) is 13.1. The monoisotopic (exact) mass is 419 g/mol. The number of methoxy groups -OCH3 is 1. The fourth-order valence-corrected chi connectivity index (χ4v) is 4.34. The normalized spacial score (nSPS) is 18.2. The van der Waals surface area contributed by atoms with Gasteiger partial charge >= 0.3 is 0 Å². The molecule has 1 amide bonds. The van der Waals surface area contributed by atoms with Crippen molar-refractivity contribution in [1.29, 1.82) is 0 Å². The summed E-state index contributed by atoms with van der Waals surface area (Å²) in [7, 11) is 1.59. The van der Waals surface area contributed by atoms with E-state index in [1.54, 1.807) is 13.3 Å². The minimum Gasteiger partial charge on any atom is -0.496 e. The number of benzene rings is 2. The third-order valence-corrected chi connectivity index (χ3v) is 6.29. The molecule has 1 aromatic heterocycles. The summed E-state index contributed by atoms with van der Waals surface area (Å²) >= 11 is 0. The lowest BCUT2D eigenvalue weighted by Gasteiger charge is -2.20. The quantitative estimate of drug-likeness (QED) is 0.638. The van der Waals surface area contributed by atoms with Crippen molar-refractivity contribution in [3.05, 3.63) is 76.6 Å². The van der Waals surface area contributed by atoms with Crippen LogP contribution in [-0.4, -0.2) is 40.0 Å². The molecule has 162 valence electrons. The minimum absolute atomic E-state index is 0.193. The van der Waals surface area contributed by atoms with Crippen molar-refractivity contribution >= 4 is 5.91 Å². The maximum atomic E-state index is 13.1. The number of nitrogens with one attached hydrogen (secondary N) is 1. The Morgan fingerprint density at radius 2 is 2.00 bits per heavy atom. The first kappa shape index (κ1) is 21.1. The zero-order valence-electron chi connectivity index (χ0n) is 18.3. The van der Waals surface area contributed by atoms with Gasteiger partial charge in [0.1, 0.15) is 5.75 Å². The van der Waals surface area contributed by atoms with Gasteiger partial charge in [-0.05, 0) is 86.1 Å². The van der Waals surface area contributed by atoms with Crippen LogP contribution in [0.25, 0.3) is 5.69 Å². The summed E-state index contributed by atoms with van der Waals surface area (Å²) in [6.07, 6.45) is 6.37. The SMILES string of the molecule is COc1c(C(=O)NC2CCCC2O)cc(Cc2ccc(-n3cccn3)cc2)c(C)c1C. The van der Waals surface area contributed by atoms with Crippen LogP contribution in [0, 0.1) is 13.8 Å². The van der Waals surface area contributed by atoms with E-state index in [0.29, 0.717) is 17.7 Å². The zero-order chi connectivity index (χ0) is 22.0. The first-order chi connectivity index (χ1) is 15.0. The number of aromatic nitrogens is 2. The Morgan fingerprint density at radius 1 is 1.23 bits per heavy atom. The molecule has 0 spiro atoms. The fraction of sp³-hybridized carbons (Fsp3) is 0.360. The highest BCUT2D eigenvalue weighted by Gasteiger charge is 2.28. The third kappa shape index (κ3) is 4.35. The zero-order valence-corrected chi connectivity index (χ0v) is 18.3. The highest BCUT2D eigenvalue weighted by atomic mass is 16.5. The molecule has 2 N–H and O–H groups in total. The molecule has 1 aliphatic rings. The van der Waals surface area contributed by atoms with Crippen molar-refractivity contribution in [2.24, 2.45) is 0 Å². The van der Waals surface area contributed by atoms with Gasteiger partial charge in [-0.25, -0.2) is 4.68 Å². The van der Waals surface area contributed by atoms with Crippen LogP contribution >= 0.6 is 0 Å². The molecule has 6 heteroatoms. The molecule has 0 bridgehead atoms. The van der Waals surface area contributed by atoms with Crippen LogP contribution in [-0.2, 0) is 6.42 Å². The van der Waals surface area contributed by atoms with Gasteiger partial charge in [-0.15, -0.1) is 0 Å². The first-order valence-corrected chi connectivity index (χ1v) is 10.7. The second-order valence-corrected chi connectivity index (χ2v) is 8.24. The van der Waals surface area contributed by atoms with Crippen molar-refractivity contribution in [1.82, 2.24) is 15.1 Å². The second-order valence-electron chi connectivity index (χ2n) is 8.24. The van der Waals surface area contributed by atoms with Crippen molar-refractivity contribution in [3.63, 3.8) is 0 Å². The summed E-state index contributed by atoms with van der Waals surface area (Å²) in [6, 6.07) is 11.9. The fourth-order valence-electron chi connectivity index (χ4n) is 4.34. The molecule has 2 unspecified atom stereocenters. The molecule has 4 rings (SSSR count). The first-order valence-electron chi connectivity index (χ1n) is 10.7. The molecule has 1 heterocycles. The molecule has 0 radical (unpaired) electrons. The van der Waals surface area contributed by atoms with E-state index < -0.39 is 6.10 Å².